The minimum Gasteiger partial charge on any atom is -0.465 e. The summed E-state index contributed by atoms with van der Waals surface area (Å²) in [6, 6.07) is 0.449. The van der Waals surface area contributed by atoms with Crippen LogP contribution in [-0.4, -0.2) is 41.7 Å². The predicted molar refractivity (Wildman–Crippen MR) is 72.2 cm³/mol. The minimum absolute atomic E-state index is 0.305. The maximum Gasteiger partial charge on any atom is 0.349 e. The monoisotopic (exact) mass is 272 g/mol. The number of hydrogen-bond acceptors (Lipinski definition) is 6. The number of thioether (sulfide) groups is 1. The number of rotatable bonds is 2. The van der Waals surface area contributed by atoms with Crippen molar-refractivity contribution >= 4 is 34.2 Å². The SMILES string of the molecule is COC(=O)c1cnc(N2CCSC(C)C2C)s1. The number of anilines is 1. The molecule has 1 aromatic rings. The predicted octanol–water partition coefficient (Wildman–Crippen LogP) is 2.26. The summed E-state index contributed by atoms with van der Waals surface area (Å²) >= 11 is 3.39. The molecule has 0 spiro atoms. The van der Waals surface area contributed by atoms with Crippen molar-refractivity contribution in [3.05, 3.63) is 11.1 Å². The number of esters is 1. The number of carbonyl (C=O) groups excluding carboxylic acids is 1. The summed E-state index contributed by atoms with van der Waals surface area (Å²) in [6.45, 7) is 5.43. The molecule has 0 bridgehead atoms. The molecule has 6 heteroatoms. The molecule has 2 rings (SSSR count). The molecule has 0 aromatic carbocycles. The van der Waals surface area contributed by atoms with E-state index in [1.54, 1.807) is 6.20 Å². The van der Waals surface area contributed by atoms with Gasteiger partial charge in [-0.3, -0.25) is 0 Å². The van der Waals surface area contributed by atoms with E-state index in [1.165, 1.54) is 18.4 Å². The van der Waals surface area contributed by atoms with Crippen LogP contribution in [0.1, 0.15) is 23.5 Å². The van der Waals surface area contributed by atoms with E-state index in [9.17, 15) is 4.79 Å². The Hall–Kier alpha value is -0.750. The van der Waals surface area contributed by atoms with Crippen LogP contribution in [-0.2, 0) is 4.74 Å². The molecule has 0 saturated carbocycles. The van der Waals surface area contributed by atoms with E-state index in [-0.39, 0.29) is 5.97 Å². The second-order valence-corrected chi connectivity index (χ2v) is 6.50. The van der Waals surface area contributed by atoms with Crippen molar-refractivity contribution in [2.45, 2.75) is 25.1 Å². The van der Waals surface area contributed by atoms with E-state index >= 15 is 0 Å². The Morgan fingerprint density at radius 3 is 3.06 bits per heavy atom. The van der Waals surface area contributed by atoms with Crippen LogP contribution in [0.25, 0.3) is 0 Å². The van der Waals surface area contributed by atoms with Gasteiger partial charge in [0, 0.05) is 23.6 Å². The zero-order valence-electron chi connectivity index (χ0n) is 10.2. The van der Waals surface area contributed by atoms with Gasteiger partial charge in [-0.05, 0) is 6.92 Å². The Kier molecular flexibility index (Phi) is 3.93. The molecule has 0 amide bonds. The molecule has 2 atom stereocenters. The normalized spacial score (nSPS) is 24.8. The highest BCUT2D eigenvalue weighted by Gasteiger charge is 2.27. The Bertz CT molecular complexity index is 408. The van der Waals surface area contributed by atoms with Crippen molar-refractivity contribution < 1.29 is 9.53 Å². The van der Waals surface area contributed by atoms with Crippen molar-refractivity contribution in [2.75, 3.05) is 24.3 Å². The number of thiazole rings is 1. The van der Waals surface area contributed by atoms with E-state index in [1.807, 2.05) is 11.8 Å². The number of hydrogen-bond donors (Lipinski definition) is 0. The largest absolute Gasteiger partial charge is 0.465 e. The molecule has 1 saturated heterocycles. The quantitative estimate of drug-likeness (QED) is 0.773. The second-order valence-electron chi connectivity index (χ2n) is 4.01. The van der Waals surface area contributed by atoms with Crippen LogP contribution in [0.3, 0.4) is 0 Å². The van der Waals surface area contributed by atoms with E-state index < -0.39 is 0 Å². The number of methoxy groups -OCH3 is 1. The van der Waals surface area contributed by atoms with Gasteiger partial charge in [0.1, 0.15) is 4.88 Å². The first-order valence-corrected chi connectivity index (χ1v) is 7.42. The summed E-state index contributed by atoms with van der Waals surface area (Å²) in [7, 11) is 1.39. The van der Waals surface area contributed by atoms with E-state index in [4.69, 9.17) is 4.74 Å². The van der Waals surface area contributed by atoms with E-state index in [2.05, 4.69) is 23.7 Å². The number of nitrogens with zero attached hydrogens (tertiary/aromatic N) is 2. The lowest BCUT2D eigenvalue weighted by molar-refractivity contribution is 0.0606. The summed E-state index contributed by atoms with van der Waals surface area (Å²) < 4.78 is 4.69. The highest BCUT2D eigenvalue weighted by Crippen LogP contribution is 2.31. The maximum absolute atomic E-state index is 11.4. The van der Waals surface area contributed by atoms with E-state index in [0.29, 0.717) is 16.2 Å². The molecule has 0 aliphatic carbocycles. The van der Waals surface area contributed by atoms with Gasteiger partial charge in [-0.25, -0.2) is 9.78 Å². The van der Waals surface area contributed by atoms with Crippen LogP contribution in [0, 0.1) is 0 Å². The van der Waals surface area contributed by atoms with Gasteiger partial charge < -0.3 is 9.64 Å². The van der Waals surface area contributed by atoms with Crippen LogP contribution in [0.2, 0.25) is 0 Å². The molecule has 17 heavy (non-hydrogen) atoms. The Morgan fingerprint density at radius 2 is 2.35 bits per heavy atom. The zero-order valence-corrected chi connectivity index (χ0v) is 11.8. The number of aromatic nitrogens is 1. The molecular formula is C11H16N2O2S2. The van der Waals surface area contributed by atoms with Crippen molar-refractivity contribution in [1.82, 2.24) is 4.98 Å². The fraction of sp³-hybridized carbons (Fsp3) is 0.636. The Morgan fingerprint density at radius 1 is 1.59 bits per heavy atom. The Balaban J connectivity index is 2.16. The van der Waals surface area contributed by atoms with Gasteiger partial charge in [-0.1, -0.05) is 18.3 Å². The molecule has 2 unspecified atom stereocenters. The molecule has 0 radical (unpaired) electrons. The lowest BCUT2D eigenvalue weighted by Gasteiger charge is -2.37. The lowest BCUT2D eigenvalue weighted by atomic mass is 10.2. The third kappa shape index (κ3) is 2.57. The van der Waals surface area contributed by atoms with Crippen LogP contribution < -0.4 is 4.90 Å². The van der Waals surface area contributed by atoms with Gasteiger partial charge in [-0.15, -0.1) is 0 Å². The van der Waals surface area contributed by atoms with Crippen molar-refractivity contribution in [2.24, 2.45) is 0 Å². The Labute approximate surface area is 109 Å². The number of carbonyl (C=O) groups is 1. The van der Waals surface area contributed by atoms with Gasteiger partial charge >= 0.3 is 5.97 Å². The van der Waals surface area contributed by atoms with Crippen LogP contribution >= 0.6 is 23.1 Å². The fourth-order valence-corrected chi connectivity index (χ4v) is 3.84. The van der Waals surface area contributed by atoms with Crippen molar-refractivity contribution in [3.63, 3.8) is 0 Å². The molecule has 94 valence electrons. The summed E-state index contributed by atoms with van der Waals surface area (Å²) in [5.74, 6) is 0.805. The van der Waals surface area contributed by atoms with Gasteiger partial charge in [0.15, 0.2) is 5.13 Å². The smallest absolute Gasteiger partial charge is 0.349 e. The van der Waals surface area contributed by atoms with Crippen LogP contribution in [0.4, 0.5) is 5.13 Å². The summed E-state index contributed by atoms with van der Waals surface area (Å²) in [6.07, 6.45) is 1.60. The third-order valence-electron chi connectivity index (χ3n) is 3.01. The van der Waals surface area contributed by atoms with E-state index in [0.717, 1.165) is 17.4 Å². The van der Waals surface area contributed by atoms with Crippen molar-refractivity contribution in [3.8, 4) is 0 Å². The van der Waals surface area contributed by atoms with Gasteiger partial charge in [0.2, 0.25) is 0 Å². The first-order valence-electron chi connectivity index (χ1n) is 5.56. The average Bonchev–Trinajstić information content (AvgIpc) is 2.81. The van der Waals surface area contributed by atoms with Crippen LogP contribution in [0.15, 0.2) is 6.20 Å². The average molecular weight is 272 g/mol. The molecule has 1 aromatic heterocycles. The van der Waals surface area contributed by atoms with Crippen LogP contribution in [0.5, 0.6) is 0 Å². The highest BCUT2D eigenvalue weighted by atomic mass is 32.2. The first kappa shape index (κ1) is 12.7. The molecule has 1 aliphatic heterocycles. The summed E-state index contributed by atoms with van der Waals surface area (Å²) in [5.41, 5.74) is 0. The zero-order chi connectivity index (χ0) is 12.4. The van der Waals surface area contributed by atoms with Crippen molar-refractivity contribution in [1.29, 1.82) is 0 Å². The fourth-order valence-electron chi connectivity index (χ4n) is 1.80. The van der Waals surface area contributed by atoms with Gasteiger partial charge in [0.05, 0.1) is 13.3 Å². The first-order chi connectivity index (χ1) is 8.13. The minimum atomic E-state index is -0.305. The van der Waals surface area contributed by atoms with Gasteiger partial charge in [-0.2, -0.15) is 11.8 Å². The molecular weight excluding hydrogens is 256 g/mol. The summed E-state index contributed by atoms with van der Waals surface area (Å²) in [4.78, 5) is 18.6. The summed E-state index contributed by atoms with van der Waals surface area (Å²) in [5, 5.41) is 1.51. The molecule has 1 fully saturated rings. The standard InChI is InChI=1S/C11H16N2O2S2/c1-7-8(2)16-5-4-13(7)11-12-6-9(17-11)10(14)15-3/h6-8H,4-5H2,1-3H3. The van der Waals surface area contributed by atoms with Gasteiger partial charge in [0.25, 0.3) is 0 Å². The third-order valence-corrected chi connectivity index (χ3v) is 5.36. The second kappa shape index (κ2) is 5.27. The topological polar surface area (TPSA) is 42.4 Å². The molecule has 2 heterocycles. The molecule has 0 N–H and O–H groups in total. The molecule has 1 aliphatic rings. The maximum atomic E-state index is 11.4. The lowest BCUT2D eigenvalue weighted by Crippen LogP contribution is -2.44. The number of ether oxygens (including phenoxy) is 1. The molecule has 4 nitrogen and oxygen atoms in total. The highest BCUT2D eigenvalue weighted by molar-refractivity contribution is 8.00.